The van der Waals surface area contributed by atoms with Crippen molar-refractivity contribution in [3.63, 3.8) is 0 Å². The second-order valence-electron chi connectivity index (χ2n) is 4.17. The number of rotatable bonds is 2. The van der Waals surface area contributed by atoms with Crippen molar-refractivity contribution in [1.29, 1.82) is 0 Å². The number of ether oxygens (including phenoxy) is 1. The van der Waals surface area contributed by atoms with Gasteiger partial charge in [0.1, 0.15) is 22.2 Å². The molecule has 1 aromatic heterocycles. The Balaban J connectivity index is 2.82. The molecule has 2 nitrogen and oxygen atoms in total. The summed E-state index contributed by atoms with van der Waals surface area (Å²) in [6.07, 6.45) is 0. The van der Waals surface area contributed by atoms with E-state index in [9.17, 15) is 4.39 Å². The standard InChI is InChI=1S/C13H13ClFNO/c1-7(2)8-6-9-11(17-3)5-4-10(15)12(9)16-13(8)14/h4-7H,1-3H3. The van der Waals surface area contributed by atoms with Gasteiger partial charge in [-0.15, -0.1) is 0 Å². The van der Waals surface area contributed by atoms with E-state index >= 15 is 0 Å². The summed E-state index contributed by atoms with van der Waals surface area (Å²) >= 11 is 6.05. The summed E-state index contributed by atoms with van der Waals surface area (Å²) in [6.45, 7) is 4.03. The molecule has 1 heterocycles. The molecule has 0 radical (unpaired) electrons. The zero-order valence-electron chi connectivity index (χ0n) is 9.92. The molecular formula is C13H13ClFNO. The summed E-state index contributed by atoms with van der Waals surface area (Å²) in [6, 6.07) is 4.77. The Morgan fingerprint density at radius 3 is 2.65 bits per heavy atom. The van der Waals surface area contributed by atoms with Crippen LogP contribution in [0.1, 0.15) is 25.3 Å². The second kappa shape index (κ2) is 4.49. The first-order valence-electron chi connectivity index (χ1n) is 5.37. The zero-order chi connectivity index (χ0) is 12.6. The predicted molar refractivity (Wildman–Crippen MR) is 67.4 cm³/mol. The van der Waals surface area contributed by atoms with E-state index in [1.807, 2.05) is 19.9 Å². The summed E-state index contributed by atoms with van der Waals surface area (Å²) < 4.78 is 18.8. The number of hydrogen-bond donors (Lipinski definition) is 0. The highest BCUT2D eigenvalue weighted by Gasteiger charge is 2.13. The fourth-order valence-corrected chi connectivity index (χ4v) is 2.13. The van der Waals surface area contributed by atoms with Crippen LogP contribution in [-0.4, -0.2) is 12.1 Å². The minimum Gasteiger partial charge on any atom is -0.496 e. The van der Waals surface area contributed by atoms with E-state index in [0.29, 0.717) is 16.3 Å². The van der Waals surface area contributed by atoms with Gasteiger partial charge in [0.25, 0.3) is 0 Å². The molecule has 0 amide bonds. The Labute approximate surface area is 104 Å². The van der Waals surface area contributed by atoms with E-state index in [2.05, 4.69) is 4.98 Å². The first-order chi connectivity index (χ1) is 8.04. The van der Waals surface area contributed by atoms with Crippen molar-refractivity contribution in [2.24, 2.45) is 0 Å². The fourth-order valence-electron chi connectivity index (χ4n) is 1.78. The molecule has 1 aromatic carbocycles. The highest BCUT2D eigenvalue weighted by molar-refractivity contribution is 6.30. The van der Waals surface area contributed by atoms with Crippen molar-refractivity contribution in [2.75, 3.05) is 7.11 Å². The molecule has 0 spiro atoms. The third-order valence-corrected chi connectivity index (χ3v) is 3.02. The smallest absolute Gasteiger partial charge is 0.149 e. The van der Waals surface area contributed by atoms with Gasteiger partial charge in [-0.1, -0.05) is 25.4 Å². The predicted octanol–water partition coefficient (Wildman–Crippen LogP) is 4.16. The van der Waals surface area contributed by atoms with Gasteiger partial charge in [0.2, 0.25) is 0 Å². The monoisotopic (exact) mass is 253 g/mol. The summed E-state index contributed by atoms with van der Waals surface area (Å²) in [5.74, 6) is 0.442. The Morgan fingerprint density at radius 2 is 2.06 bits per heavy atom. The van der Waals surface area contributed by atoms with E-state index in [-0.39, 0.29) is 11.4 Å². The van der Waals surface area contributed by atoms with Crippen LogP contribution in [-0.2, 0) is 0 Å². The van der Waals surface area contributed by atoms with Crippen LogP contribution >= 0.6 is 11.6 Å². The third kappa shape index (κ3) is 2.07. The van der Waals surface area contributed by atoms with Crippen LogP contribution in [0.25, 0.3) is 10.9 Å². The Kier molecular flexibility index (Phi) is 3.20. The summed E-state index contributed by atoms with van der Waals surface area (Å²) in [5.41, 5.74) is 1.14. The lowest BCUT2D eigenvalue weighted by molar-refractivity contribution is 0.419. The maximum absolute atomic E-state index is 13.6. The molecule has 0 unspecified atom stereocenters. The van der Waals surface area contributed by atoms with Gasteiger partial charge in [0, 0.05) is 5.39 Å². The van der Waals surface area contributed by atoms with Crippen molar-refractivity contribution >= 4 is 22.5 Å². The van der Waals surface area contributed by atoms with Gasteiger partial charge in [-0.2, -0.15) is 0 Å². The van der Waals surface area contributed by atoms with Crippen LogP contribution in [0, 0.1) is 5.82 Å². The molecule has 2 aromatic rings. The SMILES string of the molecule is COc1ccc(F)c2nc(Cl)c(C(C)C)cc12. The molecule has 0 aliphatic carbocycles. The number of hydrogen-bond acceptors (Lipinski definition) is 2. The van der Waals surface area contributed by atoms with Gasteiger partial charge < -0.3 is 4.74 Å². The molecule has 0 aliphatic heterocycles. The number of fused-ring (bicyclic) bond motifs is 1. The molecule has 90 valence electrons. The van der Waals surface area contributed by atoms with Crippen LogP contribution in [0.4, 0.5) is 4.39 Å². The van der Waals surface area contributed by atoms with Crippen LogP contribution in [0.5, 0.6) is 5.75 Å². The molecule has 0 atom stereocenters. The minimum absolute atomic E-state index is 0.229. The lowest BCUT2D eigenvalue weighted by atomic mass is 10.0. The van der Waals surface area contributed by atoms with Gasteiger partial charge in [0.05, 0.1) is 7.11 Å². The number of halogens is 2. The Hall–Kier alpha value is -1.35. The highest BCUT2D eigenvalue weighted by Crippen LogP contribution is 2.32. The molecule has 17 heavy (non-hydrogen) atoms. The average molecular weight is 254 g/mol. The lowest BCUT2D eigenvalue weighted by Gasteiger charge is -2.11. The average Bonchev–Trinajstić information content (AvgIpc) is 2.29. The largest absolute Gasteiger partial charge is 0.496 e. The molecule has 0 saturated heterocycles. The summed E-state index contributed by atoms with van der Waals surface area (Å²) in [7, 11) is 1.55. The van der Waals surface area contributed by atoms with E-state index in [1.165, 1.54) is 6.07 Å². The zero-order valence-corrected chi connectivity index (χ0v) is 10.7. The van der Waals surface area contributed by atoms with Gasteiger partial charge >= 0.3 is 0 Å². The topological polar surface area (TPSA) is 22.1 Å². The Morgan fingerprint density at radius 1 is 1.35 bits per heavy atom. The molecule has 0 aliphatic rings. The van der Waals surface area contributed by atoms with Crippen LogP contribution in [0.3, 0.4) is 0 Å². The molecule has 0 bridgehead atoms. The third-order valence-electron chi connectivity index (χ3n) is 2.72. The summed E-state index contributed by atoms with van der Waals surface area (Å²) in [5, 5.41) is 1.00. The fraction of sp³-hybridized carbons (Fsp3) is 0.308. The molecule has 0 saturated carbocycles. The maximum atomic E-state index is 13.6. The highest BCUT2D eigenvalue weighted by atomic mass is 35.5. The number of benzene rings is 1. The van der Waals surface area contributed by atoms with Crippen LogP contribution < -0.4 is 4.74 Å². The Bertz CT molecular complexity index is 569. The number of aromatic nitrogens is 1. The molecule has 4 heteroatoms. The molecular weight excluding hydrogens is 241 g/mol. The van der Waals surface area contributed by atoms with Crippen molar-refractivity contribution < 1.29 is 9.13 Å². The van der Waals surface area contributed by atoms with Crippen molar-refractivity contribution in [3.8, 4) is 5.75 Å². The molecule has 0 N–H and O–H groups in total. The molecule has 2 rings (SSSR count). The van der Waals surface area contributed by atoms with E-state index in [4.69, 9.17) is 16.3 Å². The first kappa shape index (κ1) is 12.1. The van der Waals surface area contributed by atoms with Crippen molar-refractivity contribution in [1.82, 2.24) is 4.98 Å². The van der Waals surface area contributed by atoms with Gasteiger partial charge in [-0.05, 0) is 29.7 Å². The van der Waals surface area contributed by atoms with Crippen LogP contribution in [0.2, 0.25) is 5.15 Å². The van der Waals surface area contributed by atoms with Gasteiger partial charge in [-0.3, -0.25) is 0 Å². The van der Waals surface area contributed by atoms with E-state index < -0.39 is 5.82 Å². The maximum Gasteiger partial charge on any atom is 0.149 e. The van der Waals surface area contributed by atoms with Crippen molar-refractivity contribution in [2.45, 2.75) is 19.8 Å². The summed E-state index contributed by atoms with van der Waals surface area (Å²) in [4.78, 5) is 4.12. The van der Waals surface area contributed by atoms with Crippen LogP contribution in [0.15, 0.2) is 18.2 Å². The molecule has 0 fully saturated rings. The lowest BCUT2D eigenvalue weighted by Crippen LogP contribution is -1.96. The van der Waals surface area contributed by atoms with Gasteiger partial charge in [0.15, 0.2) is 0 Å². The quantitative estimate of drug-likeness (QED) is 0.750. The number of methoxy groups -OCH3 is 1. The number of pyridine rings is 1. The van der Waals surface area contributed by atoms with E-state index in [1.54, 1.807) is 13.2 Å². The minimum atomic E-state index is -0.391. The van der Waals surface area contributed by atoms with Gasteiger partial charge in [-0.25, -0.2) is 9.37 Å². The van der Waals surface area contributed by atoms with E-state index in [0.717, 1.165) is 5.56 Å². The normalized spacial score (nSPS) is 11.2. The number of nitrogens with zero attached hydrogens (tertiary/aromatic N) is 1. The van der Waals surface area contributed by atoms with Crippen molar-refractivity contribution in [3.05, 3.63) is 34.7 Å². The second-order valence-corrected chi connectivity index (χ2v) is 4.53. The first-order valence-corrected chi connectivity index (χ1v) is 5.75.